The van der Waals surface area contributed by atoms with Crippen LogP contribution in [0.2, 0.25) is 0 Å². The van der Waals surface area contributed by atoms with E-state index in [2.05, 4.69) is 28.6 Å². The molecule has 3 rings (SSSR count). The van der Waals surface area contributed by atoms with Gasteiger partial charge in [-0.1, -0.05) is 31.4 Å². The van der Waals surface area contributed by atoms with Crippen LogP contribution in [0.15, 0.2) is 30.2 Å². The number of alkyl halides is 1. The van der Waals surface area contributed by atoms with E-state index in [-0.39, 0.29) is 12.0 Å². The molecule has 2 atom stereocenters. The van der Waals surface area contributed by atoms with Crippen LogP contribution in [-0.2, 0) is 0 Å². The molecule has 0 saturated heterocycles. The van der Waals surface area contributed by atoms with Crippen molar-refractivity contribution >= 4 is 5.57 Å². The second-order valence-corrected chi connectivity index (χ2v) is 6.43. The van der Waals surface area contributed by atoms with Crippen LogP contribution in [0.3, 0.4) is 0 Å². The summed E-state index contributed by atoms with van der Waals surface area (Å²) in [5, 5.41) is 0. The molecule has 1 aromatic heterocycles. The van der Waals surface area contributed by atoms with E-state index in [1.54, 1.807) is 0 Å². The molecular weight excluding hydrogens is 263 g/mol. The molecule has 1 fully saturated rings. The summed E-state index contributed by atoms with van der Waals surface area (Å²) in [4.78, 5) is 4.24. The predicted molar refractivity (Wildman–Crippen MR) is 84.8 cm³/mol. The van der Waals surface area contributed by atoms with Gasteiger partial charge >= 0.3 is 0 Å². The molecule has 21 heavy (non-hydrogen) atoms. The molecule has 2 nitrogen and oxygen atoms in total. The van der Waals surface area contributed by atoms with Gasteiger partial charge in [-0.05, 0) is 43.8 Å². The second-order valence-electron chi connectivity index (χ2n) is 6.43. The lowest BCUT2D eigenvalue weighted by Gasteiger charge is -2.27. The summed E-state index contributed by atoms with van der Waals surface area (Å²) in [6.45, 7) is 4.15. The Kier molecular flexibility index (Phi) is 4.27. The lowest BCUT2D eigenvalue weighted by atomic mass is 9.83. The van der Waals surface area contributed by atoms with Crippen LogP contribution in [0.1, 0.15) is 64.1 Å². The highest BCUT2D eigenvalue weighted by Crippen LogP contribution is 2.41. The number of imidazole rings is 1. The van der Waals surface area contributed by atoms with E-state index < -0.39 is 6.17 Å². The van der Waals surface area contributed by atoms with Crippen LogP contribution >= 0.6 is 0 Å². The lowest BCUT2D eigenvalue weighted by molar-refractivity contribution is 0.158. The van der Waals surface area contributed by atoms with Crippen LogP contribution < -0.4 is 0 Å². The third kappa shape index (κ3) is 2.70. The maximum absolute atomic E-state index is 14.8. The number of rotatable bonds is 4. The van der Waals surface area contributed by atoms with Crippen LogP contribution in [0.4, 0.5) is 4.39 Å². The Morgan fingerprint density at radius 1 is 1.38 bits per heavy atom. The van der Waals surface area contributed by atoms with Crippen molar-refractivity contribution in [3.05, 3.63) is 35.9 Å². The van der Waals surface area contributed by atoms with Crippen molar-refractivity contribution in [1.29, 1.82) is 0 Å². The van der Waals surface area contributed by atoms with Gasteiger partial charge in [0.1, 0.15) is 6.17 Å². The molecule has 2 aliphatic rings. The summed E-state index contributed by atoms with van der Waals surface area (Å²) in [5.74, 6) is 0.262. The molecule has 114 valence electrons. The Balaban J connectivity index is 1.80. The molecule has 2 heterocycles. The summed E-state index contributed by atoms with van der Waals surface area (Å²) in [6.07, 6.45) is 13.6. The smallest absolute Gasteiger partial charge is 0.105 e. The Bertz CT molecular complexity index is 549. The Labute approximate surface area is 126 Å². The summed E-state index contributed by atoms with van der Waals surface area (Å²) < 4.78 is 17.0. The largest absolute Gasteiger partial charge is 0.323 e. The monoisotopic (exact) mass is 288 g/mol. The first kappa shape index (κ1) is 14.6. The number of hydrogen-bond donors (Lipinski definition) is 0. The van der Waals surface area contributed by atoms with E-state index in [1.807, 2.05) is 19.4 Å². The van der Waals surface area contributed by atoms with Crippen molar-refractivity contribution in [2.45, 2.75) is 64.6 Å². The quantitative estimate of drug-likeness (QED) is 0.754. The van der Waals surface area contributed by atoms with E-state index in [0.717, 1.165) is 18.5 Å². The highest BCUT2D eigenvalue weighted by atomic mass is 19.1. The topological polar surface area (TPSA) is 17.8 Å². The van der Waals surface area contributed by atoms with E-state index >= 15 is 0 Å². The molecule has 0 spiro atoms. The van der Waals surface area contributed by atoms with Crippen molar-refractivity contribution in [1.82, 2.24) is 9.55 Å². The Hall–Kier alpha value is -1.38. The van der Waals surface area contributed by atoms with Crippen molar-refractivity contribution in [3.8, 4) is 0 Å². The minimum Gasteiger partial charge on any atom is -0.323 e. The van der Waals surface area contributed by atoms with Crippen LogP contribution in [0.5, 0.6) is 0 Å². The zero-order valence-corrected chi connectivity index (χ0v) is 13.1. The molecule has 3 heteroatoms. The molecule has 1 aliphatic heterocycles. The summed E-state index contributed by atoms with van der Waals surface area (Å²) in [7, 11) is 0. The minimum atomic E-state index is -0.697. The molecule has 0 N–H and O–H groups in total. The average Bonchev–Trinajstić information content (AvgIpc) is 3.07. The molecule has 1 saturated carbocycles. The van der Waals surface area contributed by atoms with Gasteiger partial charge in [0.15, 0.2) is 0 Å². The zero-order chi connectivity index (χ0) is 14.8. The standard InChI is InChI=1S/C18H25FN2/c1-3-7-15-13(2)18-11-20-12-21(18)17(15)10-16(19)14-8-5-4-6-9-14/h3,7,11-12,14,16-17H,4-6,8-10H2,1-2H3/b7-3-. The van der Waals surface area contributed by atoms with Crippen molar-refractivity contribution in [2.75, 3.05) is 0 Å². The number of aromatic nitrogens is 2. The fourth-order valence-corrected chi connectivity index (χ4v) is 3.95. The third-order valence-corrected chi connectivity index (χ3v) is 5.13. The van der Waals surface area contributed by atoms with E-state index in [9.17, 15) is 4.39 Å². The van der Waals surface area contributed by atoms with Crippen molar-refractivity contribution in [3.63, 3.8) is 0 Å². The van der Waals surface area contributed by atoms with Crippen molar-refractivity contribution in [2.24, 2.45) is 5.92 Å². The summed E-state index contributed by atoms with van der Waals surface area (Å²) in [5.41, 5.74) is 3.64. The first-order valence-electron chi connectivity index (χ1n) is 8.22. The van der Waals surface area contributed by atoms with Gasteiger partial charge in [-0.25, -0.2) is 9.37 Å². The van der Waals surface area contributed by atoms with Crippen molar-refractivity contribution < 1.29 is 4.39 Å². The van der Waals surface area contributed by atoms with Gasteiger partial charge in [-0.15, -0.1) is 0 Å². The van der Waals surface area contributed by atoms with Crippen LogP contribution in [-0.4, -0.2) is 15.7 Å². The molecule has 0 aromatic carbocycles. The number of halogens is 1. The van der Waals surface area contributed by atoms with Crippen LogP contribution in [0.25, 0.3) is 5.57 Å². The van der Waals surface area contributed by atoms with Gasteiger partial charge in [0.25, 0.3) is 0 Å². The number of fused-ring (bicyclic) bond motifs is 1. The fraction of sp³-hybridized carbons (Fsp3) is 0.611. The highest BCUT2D eigenvalue weighted by Gasteiger charge is 2.32. The minimum absolute atomic E-state index is 0.121. The Morgan fingerprint density at radius 2 is 2.14 bits per heavy atom. The molecule has 2 unspecified atom stereocenters. The maximum atomic E-state index is 14.8. The first-order valence-corrected chi connectivity index (χ1v) is 8.22. The highest BCUT2D eigenvalue weighted by molar-refractivity contribution is 5.71. The Morgan fingerprint density at radius 3 is 2.86 bits per heavy atom. The van der Waals surface area contributed by atoms with Crippen LogP contribution in [0, 0.1) is 5.92 Å². The van der Waals surface area contributed by atoms with Gasteiger partial charge in [-0.2, -0.15) is 0 Å². The molecular formula is C18H25FN2. The average molecular weight is 288 g/mol. The number of allylic oxidation sites excluding steroid dienone is 4. The number of nitrogens with zero attached hydrogens (tertiary/aromatic N) is 2. The maximum Gasteiger partial charge on any atom is 0.105 e. The predicted octanol–water partition coefficient (Wildman–Crippen LogP) is 5.10. The van der Waals surface area contributed by atoms with E-state index in [4.69, 9.17) is 0 Å². The van der Waals surface area contributed by atoms with Gasteiger partial charge in [0.05, 0.1) is 24.3 Å². The normalized spacial score (nSPS) is 24.8. The number of hydrogen-bond acceptors (Lipinski definition) is 1. The second kappa shape index (κ2) is 6.17. The van der Waals surface area contributed by atoms with Gasteiger partial charge in [0.2, 0.25) is 0 Å². The molecule has 1 aliphatic carbocycles. The lowest BCUT2D eigenvalue weighted by Crippen LogP contribution is -2.23. The SMILES string of the molecule is C/C=C\C1=C(C)c2cncn2C1CC(F)C1CCCCC1. The van der Waals surface area contributed by atoms with Gasteiger partial charge < -0.3 is 4.57 Å². The molecule has 0 amide bonds. The summed E-state index contributed by atoms with van der Waals surface area (Å²) in [6, 6.07) is 0.121. The molecule has 1 aromatic rings. The first-order chi connectivity index (χ1) is 10.2. The zero-order valence-electron chi connectivity index (χ0n) is 13.1. The van der Waals surface area contributed by atoms with Gasteiger partial charge in [0, 0.05) is 6.42 Å². The fourth-order valence-electron chi connectivity index (χ4n) is 3.95. The molecule has 0 bridgehead atoms. The third-order valence-electron chi connectivity index (χ3n) is 5.13. The van der Waals surface area contributed by atoms with E-state index in [0.29, 0.717) is 6.42 Å². The van der Waals surface area contributed by atoms with Gasteiger partial charge in [-0.3, -0.25) is 0 Å². The molecule has 0 radical (unpaired) electrons. The summed E-state index contributed by atoms with van der Waals surface area (Å²) >= 11 is 0. The van der Waals surface area contributed by atoms with E-state index in [1.165, 1.54) is 30.4 Å².